The molecule has 2 aliphatic rings. The number of aliphatic hydroxyl groups is 8. The summed E-state index contributed by atoms with van der Waals surface area (Å²) in [5, 5.41) is 95.1. The summed E-state index contributed by atoms with van der Waals surface area (Å²) in [4.78, 5) is 21.4. The zero-order valence-corrected chi connectivity index (χ0v) is 26.7. The van der Waals surface area contributed by atoms with Crippen LogP contribution in [0.5, 0.6) is 23.0 Å². The van der Waals surface area contributed by atoms with Crippen molar-refractivity contribution in [2.45, 2.75) is 61.4 Å². The standard InChI is InChI=1S/2C16H20O9/c2*1-23-9-4-2-8(3-5-12(18)19)10(6-9)24-16-15(22)14(21)13(20)11(7-17)25-16/h2*2-6,11,13-17,20-22H,7H2,1H3,(H,18,19)/b2*5-3+/t2*11-,13-,14+,15-,16-/m11/s1. The Morgan fingerprint density at radius 2 is 0.980 bits per heavy atom. The van der Waals surface area contributed by atoms with E-state index in [9.17, 15) is 50.4 Å². The van der Waals surface area contributed by atoms with Crippen LogP contribution in [0.1, 0.15) is 11.1 Å². The fourth-order valence-corrected chi connectivity index (χ4v) is 4.66. The number of hydrogen-bond donors (Lipinski definition) is 10. The number of ether oxygens (including phenoxy) is 6. The van der Waals surface area contributed by atoms with Crippen LogP contribution in [0.25, 0.3) is 12.2 Å². The summed E-state index contributed by atoms with van der Waals surface area (Å²) < 4.78 is 31.8. The van der Waals surface area contributed by atoms with E-state index in [0.29, 0.717) is 22.6 Å². The van der Waals surface area contributed by atoms with Crippen LogP contribution in [0.4, 0.5) is 0 Å². The van der Waals surface area contributed by atoms with Gasteiger partial charge in [-0.3, -0.25) is 0 Å². The maximum atomic E-state index is 10.7. The van der Waals surface area contributed by atoms with Gasteiger partial charge in [0.2, 0.25) is 12.6 Å². The Labute approximate surface area is 284 Å². The van der Waals surface area contributed by atoms with Gasteiger partial charge in [-0.05, 0) is 36.4 Å². The first-order valence-electron chi connectivity index (χ1n) is 14.9. The Morgan fingerprint density at radius 3 is 1.28 bits per heavy atom. The van der Waals surface area contributed by atoms with Gasteiger partial charge in [0.1, 0.15) is 71.8 Å². The molecule has 0 spiro atoms. The lowest BCUT2D eigenvalue weighted by Crippen LogP contribution is -2.60. The SMILES string of the molecule is COc1ccc(/C=C/C(=O)O)c(O[C@@H]2O[C@H](CO)[C@@H](O)[C@H](O)[C@H]2O)c1.COc1ccc(/C=C/C(=O)O)c(O[C@@H]2O[C@H](CO)[C@@H](O)[C@H](O)[C@H]2O)c1. The second kappa shape index (κ2) is 18.6. The molecule has 0 amide bonds. The molecular weight excluding hydrogens is 672 g/mol. The molecule has 4 rings (SSSR count). The number of carboxylic acid groups (broad SMARTS) is 2. The van der Waals surface area contributed by atoms with E-state index in [0.717, 1.165) is 12.2 Å². The molecule has 0 bridgehead atoms. The summed E-state index contributed by atoms with van der Waals surface area (Å²) in [6.07, 6.45) is -9.99. The van der Waals surface area contributed by atoms with Crippen LogP contribution >= 0.6 is 0 Å². The number of benzene rings is 2. The minimum absolute atomic E-state index is 0.126. The highest BCUT2D eigenvalue weighted by Gasteiger charge is 2.46. The smallest absolute Gasteiger partial charge is 0.328 e. The first kappa shape index (κ1) is 40.1. The van der Waals surface area contributed by atoms with E-state index >= 15 is 0 Å². The van der Waals surface area contributed by atoms with Crippen LogP contribution in [0.2, 0.25) is 0 Å². The fourth-order valence-electron chi connectivity index (χ4n) is 4.66. The van der Waals surface area contributed by atoms with Crippen molar-refractivity contribution in [2.75, 3.05) is 27.4 Å². The van der Waals surface area contributed by atoms with Crippen LogP contribution in [0, 0.1) is 0 Å². The summed E-state index contributed by atoms with van der Waals surface area (Å²) >= 11 is 0. The molecule has 0 aromatic heterocycles. The Bertz CT molecular complexity index is 1370. The molecule has 276 valence electrons. The molecule has 2 heterocycles. The summed E-state index contributed by atoms with van der Waals surface area (Å²) in [7, 11) is 2.86. The largest absolute Gasteiger partial charge is 0.497 e. The monoisotopic (exact) mass is 712 g/mol. The maximum Gasteiger partial charge on any atom is 0.328 e. The summed E-state index contributed by atoms with van der Waals surface area (Å²) in [5.41, 5.74) is 0.723. The third-order valence-electron chi connectivity index (χ3n) is 7.44. The van der Waals surface area contributed by atoms with E-state index in [1.54, 1.807) is 12.1 Å². The lowest BCUT2D eigenvalue weighted by molar-refractivity contribution is -0.277. The number of aliphatic hydroxyl groups excluding tert-OH is 8. The molecule has 2 aromatic carbocycles. The van der Waals surface area contributed by atoms with Gasteiger partial charge in [0.25, 0.3) is 0 Å². The fraction of sp³-hybridized carbons (Fsp3) is 0.438. The highest BCUT2D eigenvalue weighted by Crippen LogP contribution is 2.32. The molecule has 2 saturated heterocycles. The van der Waals surface area contributed by atoms with E-state index in [1.807, 2.05) is 0 Å². The van der Waals surface area contributed by atoms with Crippen molar-refractivity contribution in [3.05, 3.63) is 59.7 Å². The second-order valence-corrected chi connectivity index (χ2v) is 10.8. The lowest BCUT2D eigenvalue weighted by Gasteiger charge is -2.39. The quantitative estimate of drug-likeness (QED) is 0.106. The molecule has 0 saturated carbocycles. The van der Waals surface area contributed by atoms with E-state index < -0.39 is 86.6 Å². The maximum absolute atomic E-state index is 10.7. The van der Waals surface area contributed by atoms with Crippen molar-refractivity contribution >= 4 is 24.1 Å². The highest BCUT2D eigenvalue weighted by atomic mass is 16.7. The van der Waals surface area contributed by atoms with Gasteiger partial charge in [0.15, 0.2) is 0 Å². The Hall–Kier alpha value is -4.34. The lowest BCUT2D eigenvalue weighted by atomic mass is 9.99. The minimum Gasteiger partial charge on any atom is -0.497 e. The van der Waals surface area contributed by atoms with Crippen molar-refractivity contribution in [1.29, 1.82) is 0 Å². The van der Waals surface area contributed by atoms with E-state index in [2.05, 4.69) is 0 Å². The minimum atomic E-state index is -1.58. The zero-order chi connectivity index (χ0) is 37.1. The molecule has 18 heteroatoms. The van der Waals surface area contributed by atoms with Crippen LogP contribution in [-0.2, 0) is 19.1 Å². The first-order valence-corrected chi connectivity index (χ1v) is 14.9. The summed E-state index contributed by atoms with van der Waals surface area (Å²) in [6, 6.07) is 9.14. The van der Waals surface area contributed by atoms with Crippen LogP contribution in [-0.4, -0.2) is 152 Å². The van der Waals surface area contributed by atoms with Gasteiger partial charge in [0, 0.05) is 35.4 Å². The van der Waals surface area contributed by atoms with Crippen molar-refractivity contribution in [3.63, 3.8) is 0 Å². The van der Waals surface area contributed by atoms with Crippen LogP contribution in [0.15, 0.2) is 48.6 Å². The third-order valence-corrected chi connectivity index (χ3v) is 7.44. The molecule has 2 fully saturated rings. The number of rotatable bonds is 12. The van der Waals surface area contributed by atoms with Crippen molar-refractivity contribution in [3.8, 4) is 23.0 Å². The van der Waals surface area contributed by atoms with Gasteiger partial charge in [-0.1, -0.05) is 0 Å². The van der Waals surface area contributed by atoms with Crippen molar-refractivity contribution in [1.82, 2.24) is 0 Å². The Balaban J connectivity index is 0.000000270. The van der Waals surface area contributed by atoms with Gasteiger partial charge in [-0.2, -0.15) is 0 Å². The number of carboxylic acids is 2. The molecule has 0 radical (unpaired) electrons. The Morgan fingerprint density at radius 1 is 0.620 bits per heavy atom. The summed E-state index contributed by atoms with van der Waals surface area (Å²) in [6.45, 7) is -1.18. The number of aliphatic carboxylic acids is 2. The highest BCUT2D eigenvalue weighted by molar-refractivity contribution is 5.86. The first-order chi connectivity index (χ1) is 23.7. The topological polar surface area (TPSA) is 292 Å². The second-order valence-electron chi connectivity index (χ2n) is 10.8. The molecule has 2 aromatic rings. The average Bonchev–Trinajstić information content (AvgIpc) is 3.10. The van der Waals surface area contributed by atoms with Crippen molar-refractivity contribution in [2.24, 2.45) is 0 Å². The van der Waals surface area contributed by atoms with Crippen molar-refractivity contribution < 1.29 is 89.1 Å². The van der Waals surface area contributed by atoms with E-state index in [4.69, 9.17) is 38.6 Å². The van der Waals surface area contributed by atoms with E-state index in [-0.39, 0.29) is 11.5 Å². The zero-order valence-electron chi connectivity index (χ0n) is 26.7. The molecule has 0 unspecified atom stereocenters. The number of carbonyl (C=O) groups is 2. The van der Waals surface area contributed by atoms with Gasteiger partial charge in [0.05, 0.1) is 27.4 Å². The van der Waals surface area contributed by atoms with Gasteiger partial charge in [-0.15, -0.1) is 0 Å². The summed E-state index contributed by atoms with van der Waals surface area (Å²) in [5.74, 6) is -1.24. The van der Waals surface area contributed by atoms with Gasteiger partial charge < -0.3 is 79.5 Å². The van der Waals surface area contributed by atoms with E-state index in [1.165, 1.54) is 50.6 Å². The molecule has 10 atom stereocenters. The van der Waals surface area contributed by atoms with Crippen LogP contribution < -0.4 is 18.9 Å². The Kier molecular flexibility index (Phi) is 14.9. The van der Waals surface area contributed by atoms with Crippen LogP contribution in [0.3, 0.4) is 0 Å². The average molecular weight is 713 g/mol. The predicted octanol–water partition coefficient (Wildman–Crippen LogP) is -2.06. The number of methoxy groups -OCH3 is 2. The van der Waals surface area contributed by atoms with Gasteiger partial charge >= 0.3 is 11.9 Å². The molecule has 50 heavy (non-hydrogen) atoms. The molecule has 18 nitrogen and oxygen atoms in total. The molecule has 10 N–H and O–H groups in total. The third kappa shape index (κ3) is 10.3. The number of hydrogen-bond acceptors (Lipinski definition) is 16. The predicted molar refractivity (Wildman–Crippen MR) is 168 cm³/mol. The normalized spacial score (nSPS) is 29.6. The molecule has 2 aliphatic heterocycles. The molecular formula is C32H40O18. The molecule has 0 aliphatic carbocycles. The van der Waals surface area contributed by atoms with Gasteiger partial charge in [-0.25, -0.2) is 9.59 Å².